The molecule has 0 aromatic heterocycles. The molecule has 0 spiro atoms. The number of hydrogen-bond donors (Lipinski definition) is 4. The monoisotopic (exact) mass is 604 g/mol. The van der Waals surface area contributed by atoms with Gasteiger partial charge in [-0.3, -0.25) is 0 Å². The second-order valence-electron chi connectivity index (χ2n) is 13.3. The molecular formula is C34H36O10. The molecule has 3 heterocycles. The molecule has 10 nitrogen and oxygen atoms in total. The maximum atomic E-state index is 13.7. The number of carbonyl (C=O) groups excluding carboxylic acids is 1. The Bertz CT molecular complexity index is 1580. The van der Waals surface area contributed by atoms with Crippen LogP contribution in [-0.2, 0) is 29.7 Å². The molecule has 3 aliphatic carbocycles. The van der Waals surface area contributed by atoms with Gasteiger partial charge in [0.2, 0.25) is 0 Å². The Balaban J connectivity index is 1.40. The second-order valence-corrected chi connectivity index (χ2v) is 13.3. The lowest BCUT2D eigenvalue weighted by Gasteiger charge is -2.61. The third-order valence-electron chi connectivity index (χ3n) is 11.3. The number of hydrogen-bond acceptors (Lipinski definition) is 10. The highest BCUT2D eigenvalue weighted by Gasteiger charge is 2.90. The number of aliphatic hydroxyl groups is 4. The highest BCUT2D eigenvalue weighted by atomic mass is 16.9. The van der Waals surface area contributed by atoms with Gasteiger partial charge in [-0.15, -0.1) is 0 Å². The minimum absolute atomic E-state index is 0.335. The van der Waals surface area contributed by atoms with Gasteiger partial charge in [0.25, 0.3) is 0 Å². The lowest BCUT2D eigenvalue weighted by atomic mass is 9.53. The molecule has 44 heavy (non-hydrogen) atoms. The zero-order chi connectivity index (χ0) is 31.0. The fourth-order valence-electron chi connectivity index (χ4n) is 9.24. The molecule has 13 atom stereocenters. The van der Waals surface area contributed by atoms with Gasteiger partial charge in [-0.05, 0) is 37.1 Å². The van der Waals surface area contributed by atoms with Gasteiger partial charge in [-0.1, -0.05) is 68.1 Å². The van der Waals surface area contributed by atoms with Crippen molar-refractivity contribution < 1.29 is 48.9 Å². The largest absolute Gasteiger partial charge is 0.455 e. The van der Waals surface area contributed by atoms with E-state index in [1.807, 2.05) is 25.1 Å². The van der Waals surface area contributed by atoms with Crippen molar-refractivity contribution in [3.05, 3.63) is 95.6 Å². The second kappa shape index (κ2) is 8.86. The molecule has 0 amide bonds. The lowest BCUT2D eigenvalue weighted by molar-refractivity contribution is -0.442. The summed E-state index contributed by atoms with van der Waals surface area (Å²) >= 11 is 0. The minimum atomic E-state index is -2.23. The van der Waals surface area contributed by atoms with E-state index in [0.717, 1.165) is 0 Å². The fourth-order valence-corrected chi connectivity index (χ4v) is 9.24. The predicted molar refractivity (Wildman–Crippen MR) is 153 cm³/mol. The molecule has 3 bridgehead atoms. The first kappa shape index (κ1) is 28.5. The number of benzene rings is 2. The number of epoxide rings is 1. The number of aliphatic hydroxyl groups excluding tert-OH is 3. The smallest absolute Gasteiger partial charge is 0.338 e. The highest BCUT2D eigenvalue weighted by Crippen LogP contribution is 2.74. The van der Waals surface area contributed by atoms with Gasteiger partial charge in [-0.25, -0.2) is 4.79 Å². The van der Waals surface area contributed by atoms with Crippen molar-refractivity contribution in [2.75, 3.05) is 6.61 Å². The van der Waals surface area contributed by atoms with Crippen LogP contribution >= 0.6 is 0 Å². The van der Waals surface area contributed by atoms with Crippen LogP contribution in [0.15, 0.2) is 84.5 Å². The topological polar surface area (TPSA) is 147 Å². The Kier molecular flexibility index (Phi) is 5.75. The Morgan fingerprint density at radius 1 is 1.00 bits per heavy atom. The van der Waals surface area contributed by atoms with Gasteiger partial charge in [0.05, 0.1) is 17.8 Å². The molecule has 5 fully saturated rings. The van der Waals surface area contributed by atoms with E-state index in [1.165, 1.54) is 0 Å². The minimum Gasteiger partial charge on any atom is -0.455 e. The Morgan fingerprint density at radius 2 is 1.66 bits per heavy atom. The highest BCUT2D eigenvalue weighted by molar-refractivity contribution is 5.89. The number of rotatable bonds is 5. The normalized spacial score (nSPS) is 49.3. The van der Waals surface area contributed by atoms with Gasteiger partial charge in [-0.2, -0.15) is 0 Å². The Morgan fingerprint density at radius 3 is 2.30 bits per heavy atom. The molecule has 3 saturated heterocycles. The summed E-state index contributed by atoms with van der Waals surface area (Å²) in [6.07, 6.45) is -4.28. The van der Waals surface area contributed by atoms with E-state index in [0.29, 0.717) is 22.3 Å². The van der Waals surface area contributed by atoms with Crippen LogP contribution in [0.5, 0.6) is 0 Å². The molecule has 0 radical (unpaired) electrons. The first-order chi connectivity index (χ1) is 20.9. The van der Waals surface area contributed by atoms with Crippen LogP contribution < -0.4 is 0 Å². The number of carbonyl (C=O) groups is 1. The molecule has 8 rings (SSSR count). The van der Waals surface area contributed by atoms with Crippen LogP contribution in [0, 0.1) is 17.8 Å². The van der Waals surface area contributed by atoms with E-state index in [-0.39, 0.29) is 0 Å². The molecule has 3 unspecified atom stereocenters. The zero-order valence-electron chi connectivity index (χ0n) is 24.6. The van der Waals surface area contributed by atoms with E-state index in [4.69, 9.17) is 23.7 Å². The summed E-state index contributed by atoms with van der Waals surface area (Å²) < 4.78 is 33.5. The summed E-state index contributed by atoms with van der Waals surface area (Å²) in [5.74, 6) is -4.95. The standard InChI is InChI=1S/C34H36O10/c1-17(2)32-25(40-28(37)20-11-7-5-8-12-20)19(4)33-22-15-18(3)24(36)31(22,39)29(38)30(16-35)26(41-30)23(33)27(32)42-34(43-32,44-33)21-13-9-6-10-14-21/h5-15,19,22-27,29,35-36,38-39H,1,16H2,2-4H3/t19-,22?,23+,24?,25-,26+,27+,29-,30+,31-,32+,33+,34?/m1/s1. The van der Waals surface area contributed by atoms with Crippen molar-refractivity contribution in [1.82, 2.24) is 0 Å². The van der Waals surface area contributed by atoms with Gasteiger partial charge in [0.15, 0.2) is 5.60 Å². The van der Waals surface area contributed by atoms with Crippen LogP contribution in [0.25, 0.3) is 0 Å². The van der Waals surface area contributed by atoms with E-state index >= 15 is 0 Å². The van der Waals surface area contributed by atoms with Gasteiger partial charge < -0.3 is 44.1 Å². The van der Waals surface area contributed by atoms with Crippen LogP contribution in [0.1, 0.15) is 36.7 Å². The van der Waals surface area contributed by atoms with Crippen molar-refractivity contribution in [1.29, 1.82) is 0 Å². The van der Waals surface area contributed by atoms with E-state index in [1.54, 1.807) is 62.4 Å². The summed E-state index contributed by atoms with van der Waals surface area (Å²) in [6, 6.07) is 17.7. The van der Waals surface area contributed by atoms with Gasteiger partial charge in [0.1, 0.15) is 41.7 Å². The molecule has 4 N–H and O–H groups in total. The van der Waals surface area contributed by atoms with Crippen LogP contribution in [0.4, 0.5) is 0 Å². The SMILES string of the molecule is C=C(C)[C@@]12OC3(c4ccccc4)O[C@H]1[C@@H]1[C@@H]4O[C@]4(CO)[C@@H](O)[C@]4(O)C(O)C(C)=CC4[C@@]1(O3)[C@H](C)[C@H]2OC(=O)c1ccccc1. The molecular weight excluding hydrogens is 568 g/mol. The van der Waals surface area contributed by atoms with Crippen LogP contribution in [0.2, 0.25) is 0 Å². The lowest BCUT2D eigenvalue weighted by Crippen LogP contribution is -2.76. The van der Waals surface area contributed by atoms with Crippen molar-refractivity contribution in [3.63, 3.8) is 0 Å². The van der Waals surface area contributed by atoms with E-state index < -0.39 is 89.2 Å². The van der Waals surface area contributed by atoms with Crippen molar-refractivity contribution in [2.45, 2.75) is 79.7 Å². The molecule has 2 aromatic rings. The van der Waals surface area contributed by atoms with Crippen molar-refractivity contribution in [3.8, 4) is 0 Å². The third-order valence-corrected chi connectivity index (χ3v) is 11.3. The molecule has 2 saturated carbocycles. The summed E-state index contributed by atoms with van der Waals surface area (Å²) in [7, 11) is 0. The number of esters is 1. The van der Waals surface area contributed by atoms with Crippen LogP contribution in [0.3, 0.4) is 0 Å². The molecule has 232 valence electrons. The van der Waals surface area contributed by atoms with Crippen molar-refractivity contribution in [2.24, 2.45) is 17.8 Å². The van der Waals surface area contributed by atoms with E-state index in [2.05, 4.69) is 6.58 Å². The molecule has 6 aliphatic rings. The Labute approximate surface area is 254 Å². The van der Waals surface area contributed by atoms with Gasteiger partial charge >= 0.3 is 11.9 Å². The first-order valence-electron chi connectivity index (χ1n) is 15.0. The molecule has 3 aliphatic heterocycles. The Hall–Kier alpha value is -2.93. The number of ether oxygens (including phenoxy) is 5. The average molecular weight is 605 g/mol. The van der Waals surface area contributed by atoms with E-state index in [9.17, 15) is 25.2 Å². The fraction of sp³-hybridized carbons (Fsp3) is 0.500. The quantitative estimate of drug-likeness (QED) is 0.227. The molecule has 2 aromatic carbocycles. The number of fused-ring (bicyclic) bond motifs is 3. The molecule has 10 heteroatoms. The maximum Gasteiger partial charge on any atom is 0.338 e. The third kappa shape index (κ3) is 3.06. The zero-order valence-corrected chi connectivity index (χ0v) is 24.6. The summed E-state index contributed by atoms with van der Waals surface area (Å²) in [5.41, 5.74) is -4.97. The van der Waals surface area contributed by atoms with Crippen molar-refractivity contribution >= 4 is 5.97 Å². The summed E-state index contributed by atoms with van der Waals surface area (Å²) in [5, 5.41) is 46.5. The maximum absolute atomic E-state index is 13.7. The van der Waals surface area contributed by atoms with Crippen LogP contribution in [-0.4, -0.2) is 85.9 Å². The summed E-state index contributed by atoms with van der Waals surface area (Å²) in [4.78, 5) is 13.7. The predicted octanol–water partition coefficient (Wildman–Crippen LogP) is 1.96. The van der Waals surface area contributed by atoms with Gasteiger partial charge in [0, 0.05) is 23.3 Å². The first-order valence-corrected chi connectivity index (χ1v) is 15.0. The summed E-state index contributed by atoms with van der Waals surface area (Å²) in [6.45, 7) is 9.00. The average Bonchev–Trinajstić information content (AvgIpc) is 3.65.